The van der Waals surface area contributed by atoms with Crippen molar-refractivity contribution in [2.24, 2.45) is 0 Å². The molecule has 0 bridgehead atoms. The highest BCUT2D eigenvalue weighted by Gasteiger charge is 2.19. The number of hydrogen-bond donors (Lipinski definition) is 0. The largest absolute Gasteiger partial charge is 0.496 e. The Hall–Kier alpha value is -2.17. The standard InChI is InChI=1S/C14H10F3O2/c1-18-12-5-3-4-9(15)14(12)8-6-10(16)11(17)7-13(8)19-2/h3-4,6-7H,1-2H3. The quantitative estimate of drug-likeness (QED) is 0.846. The third-order valence-electron chi connectivity index (χ3n) is 2.63. The first-order chi connectivity index (χ1) is 9.08. The molecule has 19 heavy (non-hydrogen) atoms. The average molecular weight is 267 g/mol. The lowest BCUT2D eigenvalue weighted by molar-refractivity contribution is 0.402. The van der Waals surface area contributed by atoms with Crippen LogP contribution in [0.5, 0.6) is 11.5 Å². The molecule has 0 aliphatic rings. The van der Waals surface area contributed by atoms with Crippen LogP contribution >= 0.6 is 0 Å². The van der Waals surface area contributed by atoms with Gasteiger partial charge in [-0.15, -0.1) is 0 Å². The molecule has 0 saturated heterocycles. The Balaban J connectivity index is 2.74. The van der Waals surface area contributed by atoms with Gasteiger partial charge in [0.1, 0.15) is 17.3 Å². The van der Waals surface area contributed by atoms with Gasteiger partial charge >= 0.3 is 0 Å². The number of ether oxygens (including phenoxy) is 2. The molecule has 2 aromatic carbocycles. The molecule has 2 aromatic rings. The summed E-state index contributed by atoms with van der Waals surface area (Å²) in [6, 6.07) is 6.89. The van der Waals surface area contributed by atoms with E-state index in [1.807, 2.05) is 0 Å². The van der Waals surface area contributed by atoms with Crippen LogP contribution in [0.25, 0.3) is 11.1 Å². The zero-order valence-electron chi connectivity index (χ0n) is 10.3. The summed E-state index contributed by atoms with van der Waals surface area (Å²) in [6.45, 7) is 0. The monoisotopic (exact) mass is 267 g/mol. The van der Waals surface area contributed by atoms with Gasteiger partial charge in [0.15, 0.2) is 11.6 Å². The number of hydrogen-bond acceptors (Lipinski definition) is 2. The Bertz CT molecular complexity index is 612. The summed E-state index contributed by atoms with van der Waals surface area (Å²) in [5.74, 6) is -2.71. The number of rotatable bonds is 3. The Morgan fingerprint density at radius 3 is 2.26 bits per heavy atom. The zero-order chi connectivity index (χ0) is 14.0. The van der Waals surface area contributed by atoms with Gasteiger partial charge in [-0.25, -0.2) is 13.2 Å². The summed E-state index contributed by atoms with van der Waals surface area (Å²) in [5.41, 5.74) is 0.0355. The third kappa shape index (κ3) is 2.36. The van der Waals surface area contributed by atoms with Gasteiger partial charge in [-0.3, -0.25) is 0 Å². The van der Waals surface area contributed by atoms with Crippen LogP contribution in [0.15, 0.2) is 24.3 Å². The van der Waals surface area contributed by atoms with Crippen LogP contribution in [0.3, 0.4) is 0 Å². The Labute approximate surface area is 108 Å². The van der Waals surface area contributed by atoms with Crippen LogP contribution in [0.1, 0.15) is 0 Å². The van der Waals surface area contributed by atoms with Gasteiger partial charge in [0.2, 0.25) is 0 Å². The maximum absolute atomic E-state index is 13.9. The minimum Gasteiger partial charge on any atom is -0.496 e. The zero-order valence-corrected chi connectivity index (χ0v) is 10.3. The highest BCUT2D eigenvalue weighted by molar-refractivity contribution is 5.76. The SMILES string of the molecule is COc1[c]ccc(F)c1-c1cc(F)c(F)cc1OC. The van der Waals surface area contributed by atoms with E-state index in [1.165, 1.54) is 20.3 Å². The molecule has 0 unspecified atom stereocenters. The fraction of sp³-hybridized carbons (Fsp3) is 0.143. The molecule has 0 N–H and O–H groups in total. The van der Waals surface area contributed by atoms with Gasteiger partial charge in [-0.1, -0.05) is 0 Å². The second-order valence-corrected chi connectivity index (χ2v) is 3.70. The van der Waals surface area contributed by atoms with E-state index < -0.39 is 17.5 Å². The number of halogens is 3. The van der Waals surface area contributed by atoms with Crippen LogP contribution in [0, 0.1) is 23.5 Å². The molecule has 0 spiro atoms. The molecule has 0 amide bonds. The fourth-order valence-corrected chi connectivity index (χ4v) is 1.76. The lowest BCUT2D eigenvalue weighted by atomic mass is 10.0. The summed E-state index contributed by atoms with van der Waals surface area (Å²) in [5, 5.41) is 0. The molecule has 99 valence electrons. The van der Waals surface area contributed by atoms with Crippen molar-refractivity contribution in [3.63, 3.8) is 0 Å². The first kappa shape index (κ1) is 13.3. The van der Waals surface area contributed by atoms with E-state index in [0.717, 1.165) is 18.2 Å². The Kier molecular flexibility index (Phi) is 3.64. The smallest absolute Gasteiger partial charge is 0.162 e. The van der Waals surface area contributed by atoms with Gasteiger partial charge in [0, 0.05) is 17.7 Å². The van der Waals surface area contributed by atoms with Crippen molar-refractivity contribution < 1.29 is 22.6 Å². The normalized spacial score (nSPS) is 10.4. The lowest BCUT2D eigenvalue weighted by Gasteiger charge is -2.13. The minimum absolute atomic E-state index is 0.00991. The summed E-state index contributed by atoms with van der Waals surface area (Å²) in [7, 11) is 2.62. The molecular formula is C14H10F3O2. The summed E-state index contributed by atoms with van der Waals surface area (Å²) >= 11 is 0. The molecule has 2 rings (SSSR count). The van der Waals surface area contributed by atoms with E-state index in [-0.39, 0.29) is 22.6 Å². The first-order valence-electron chi connectivity index (χ1n) is 5.36. The fourth-order valence-electron chi connectivity index (χ4n) is 1.76. The molecule has 1 radical (unpaired) electrons. The van der Waals surface area contributed by atoms with E-state index in [1.54, 1.807) is 0 Å². The van der Waals surface area contributed by atoms with Crippen LogP contribution in [-0.4, -0.2) is 14.2 Å². The first-order valence-corrected chi connectivity index (χ1v) is 5.36. The number of benzene rings is 2. The lowest BCUT2D eigenvalue weighted by Crippen LogP contribution is -1.97. The summed E-state index contributed by atoms with van der Waals surface area (Å²) in [6.07, 6.45) is 0. The Morgan fingerprint density at radius 1 is 0.947 bits per heavy atom. The molecule has 0 atom stereocenters. The van der Waals surface area contributed by atoms with Crippen LogP contribution in [0.2, 0.25) is 0 Å². The van der Waals surface area contributed by atoms with Gasteiger partial charge in [0.05, 0.1) is 19.8 Å². The molecule has 0 aromatic heterocycles. The van der Waals surface area contributed by atoms with Crippen molar-refractivity contribution in [1.82, 2.24) is 0 Å². The predicted octanol–water partition coefficient (Wildman–Crippen LogP) is 3.59. The van der Waals surface area contributed by atoms with Crippen molar-refractivity contribution in [3.05, 3.63) is 47.8 Å². The molecule has 0 aliphatic heterocycles. The molecule has 0 fully saturated rings. The summed E-state index contributed by atoms with van der Waals surface area (Å²) in [4.78, 5) is 0. The van der Waals surface area contributed by atoms with Crippen molar-refractivity contribution in [2.75, 3.05) is 14.2 Å². The van der Waals surface area contributed by atoms with Crippen LogP contribution in [0.4, 0.5) is 13.2 Å². The maximum Gasteiger partial charge on any atom is 0.162 e. The van der Waals surface area contributed by atoms with Gasteiger partial charge in [0.25, 0.3) is 0 Å². The number of methoxy groups -OCH3 is 2. The van der Waals surface area contributed by atoms with Gasteiger partial charge in [-0.05, 0) is 18.2 Å². The maximum atomic E-state index is 13.9. The molecule has 0 heterocycles. The molecule has 0 saturated carbocycles. The molecule has 2 nitrogen and oxygen atoms in total. The molecular weight excluding hydrogens is 257 g/mol. The van der Waals surface area contributed by atoms with Crippen LogP contribution in [-0.2, 0) is 0 Å². The third-order valence-corrected chi connectivity index (χ3v) is 2.63. The predicted molar refractivity (Wildman–Crippen MR) is 63.7 cm³/mol. The minimum atomic E-state index is -1.10. The second kappa shape index (κ2) is 5.22. The average Bonchev–Trinajstić information content (AvgIpc) is 2.41. The van der Waals surface area contributed by atoms with Gasteiger partial charge in [-0.2, -0.15) is 0 Å². The highest BCUT2D eigenvalue weighted by atomic mass is 19.2. The highest BCUT2D eigenvalue weighted by Crippen LogP contribution is 2.38. The van der Waals surface area contributed by atoms with E-state index in [0.29, 0.717) is 0 Å². The van der Waals surface area contributed by atoms with Crippen molar-refractivity contribution in [3.8, 4) is 22.6 Å². The molecule has 0 aliphatic carbocycles. The summed E-state index contributed by atoms with van der Waals surface area (Å²) < 4.78 is 50.3. The van der Waals surface area contributed by atoms with E-state index in [9.17, 15) is 13.2 Å². The Morgan fingerprint density at radius 2 is 1.63 bits per heavy atom. The second-order valence-electron chi connectivity index (χ2n) is 3.70. The van der Waals surface area contributed by atoms with Crippen molar-refractivity contribution in [2.45, 2.75) is 0 Å². The van der Waals surface area contributed by atoms with E-state index in [2.05, 4.69) is 6.07 Å². The van der Waals surface area contributed by atoms with Gasteiger partial charge < -0.3 is 9.47 Å². The van der Waals surface area contributed by atoms with E-state index >= 15 is 0 Å². The van der Waals surface area contributed by atoms with Crippen LogP contribution < -0.4 is 9.47 Å². The topological polar surface area (TPSA) is 18.5 Å². The van der Waals surface area contributed by atoms with Crippen molar-refractivity contribution >= 4 is 0 Å². The van der Waals surface area contributed by atoms with Crippen molar-refractivity contribution in [1.29, 1.82) is 0 Å². The van der Waals surface area contributed by atoms with E-state index in [4.69, 9.17) is 9.47 Å². The molecule has 5 heteroatoms.